The Kier molecular flexibility index (Phi) is 4.00. The van der Waals surface area contributed by atoms with Crippen molar-refractivity contribution in [1.29, 1.82) is 0 Å². The first kappa shape index (κ1) is 13.1. The van der Waals surface area contributed by atoms with Crippen LogP contribution in [0.3, 0.4) is 0 Å². The number of pyridine rings is 1. The van der Waals surface area contributed by atoms with Crippen LogP contribution in [0.1, 0.15) is 28.4 Å². The van der Waals surface area contributed by atoms with Crippen molar-refractivity contribution < 1.29 is 0 Å². The van der Waals surface area contributed by atoms with Gasteiger partial charge in [0.15, 0.2) is 0 Å². The van der Waals surface area contributed by atoms with Gasteiger partial charge in [0, 0.05) is 11.2 Å². The number of nitrogens with one attached hydrogen (secondary N) is 1. The predicted octanol–water partition coefficient (Wildman–Crippen LogP) is 3.66. The normalized spacial score (nSPS) is 12.4. The van der Waals surface area contributed by atoms with Crippen LogP contribution in [0.15, 0.2) is 36.5 Å². The molecule has 0 saturated heterocycles. The van der Waals surface area contributed by atoms with Crippen LogP contribution in [0.2, 0.25) is 5.02 Å². The van der Waals surface area contributed by atoms with Gasteiger partial charge in [0.1, 0.15) is 0 Å². The summed E-state index contributed by atoms with van der Waals surface area (Å²) in [6.07, 6.45) is 1.84. The molecule has 0 fully saturated rings. The Morgan fingerprint density at radius 2 is 1.94 bits per heavy atom. The molecule has 0 saturated carbocycles. The second-order valence-electron chi connectivity index (χ2n) is 4.49. The molecule has 1 unspecified atom stereocenters. The van der Waals surface area contributed by atoms with Gasteiger partial charge in [-0.2, -0.15) is 0 Å². The molecule has 2 nitrogen and oxygen atoms in total. The molecule has 1 aromatic heterocycles. The van der Waals surface area contributed by atoms with E-state index in [-0.39, 0.29) is 6.04 Å². The van der Waals surface area contributed by atoms with Gasteiger partial charge in [-0.3, -0.25) is 4.98 Å². The summed E-state index contributed by atoms with van der Waals surface area (Å²) in [7, 11) is 1.93. The molecule has 0 aliphatic heterocycles. The van der Waals surface area contributed by atoms with Crippen LogP contribution >= 0.6 is 11.6 Å². The van der Waals surface area contributed by atoms with Crippen LogP contribution in [0.4, 0.5) is 0 Å². The molecule has 1 aromatic carbocycles. The van der Waals surface area contributed by atoms with Gasteiger partial charge < -0.3 is 5.32 Å². The lowest BCUT2D eigenvalue weighted by atomic mass is 10.0. The van der Waals surface area contributed by atoms with E-state index in [0.717, 1.165) is 21.8 Å². The molecule has 2 aromatic rings. The van der Waals surface area contributed by atoms with Gasteiger partial charge in [-0.25, -0.2) is 0 Å². The summed E-state index contributed by atoms with van der Waals surface area (Å²) in [6.45, 7) is 4.07. The number of hydrogen-bond acceptors (Lipinski definition) is 2. The molecule has 1 heterocycles. The molecule has 1 atom stereocenters. The summed E-state index contributed by atoms with van der Waals surface area (Å²) in [6, 6.07) is 10.3. The molecule has 0 bridgehead atoms. The smallest absolute Gasteiger partial charge is 0.0749 e. The number of aryl methyl sites for hydroxylation is 2. The molecule has 18 heavy (non-hydrogen) atoms. The minimum atomic E-state index is 0.0722. The summed E-state index contributed by atoms with van der Waals surface area (Å²) in [4.78, 5) is 4.43. The second-order valence-corrected chi connectivity index (χ2v) is 4.90. The first-order valence-corrected chi connectivity index (χ1v) is 6.35. The minimum absolute atomic E-state index is 0.0722. The van der Waals surface area contributed by atoms with Gasteiger partial charge in [-0.05, 0) is 55.8 Å². The van der Waals surface area contributed by atoms with Crippen molar-refractivity contribution in [3.63, 3.8) is 0 Å². The Balaban J connectivity index is 2.42. The van der Waals surface area contributed by atoms with Crippen molar-refractivity contribution in [1.82, 2.24) is 10.3 Å². The third kappa shape index (κ3) is 2.71. The molecule has 3 heteroatoms. The van der Waals surface area contributed by atoms with E-state index in [4.69, 9.17) is 11.6 Å². The maximum absolute atomic E-state index is 6.19. The van der Waals surface area contributed by atoms with E-state index in [1.165, 1.54) is 5.56 Å². The van der Waals surface area contributed by atoms with Gasteiger partial charge in [0.2, 0.25) is 0 Å². The molecule has 1 N–H and O–H groups in total. The fourth-order valence-corrected chi connectivity index (χ4v) is 2.18. The number of nitrogens with zero attached hydrogens (tertiary/aromatic N) is 1. The first-order chi connectivity index (χ1) is 8.61. The average molecular weight is 261 g/mol. The number of halogens is 1. The SMILES string of the molecule is CNC(c1ccc(C)c(Cl)c1)c1cc(C)ccn1. The Morgan fingerprint density at radius 1 is 1.17 bits per heavy atom. The summed E-state index contributed by atoms with van der Waals surface area (Å²) in [5.74, 6) is 0. The Hall–Kier alpha value is -1.38. The summed E-state index contributed by atoms with van der Waals surface area (Å²) < 4.78 is 0. The van der Waals surface area contributed by atoms with Crippen molar-refractivity contribution >= 4 is 11.6 Å². The zero-order valence-corrected chi connectivity index (χ0v) is 11.6. The third-order valence-corrected chi connectivity index (χ3v) is 3.46. The monoisotopic (exact) mass is 260 g/mol. The van der Waals surface area contributed by atoms with Crippen LogP contribution in [-0.2, 0) is 0 Å². The van der Waals surface area contributed by atoms with E-state index in [1.54, 1.807) is 0 Å². The van der Waals surface area contributed by atoms with Gasteiger partial charge >= 0.3 is 0 Å². The van der Waals surface area contributed by atoms with E-state index >= 15 is 0 Å². The van der Waals surface area contributed by atoms with Crippen LogP contribution in [0.25, 0.3) is 0 Å². The molecular weight excluding hydrogens is 244 g/mol. The van der Waals surface area contributed by atoms with Gasteiger partial charge in [-0.1, -0.05) is 23.7 Å². The van der Waals surface area contributed by atoms with Crippen LogP contribution < -0.4 is 5.32 Å². The van der Waals surface area contributed by atoms with Crippen molar-refractivity contribution in [2.45, 2.75) is 19.9 Å². The average Bonchev–Trinajstić information content (AvgIpc) is 2.35. The van der Waals surface area contributed by atoms with E-state index in [0.29, 0.717) is 0 Å². The van der Waals surface area contributed by atoms with Crippen LogP contribution in [0.5, 0.6) is 0 Å². The number of hydrogen-bond donors (Lipinski definition) is 1. The highest BCUT2D eigenvalue weighted by atomic mass is 35.5. The zero-order chi connectivity index (χ0) is 13.1. The number of benzene rings is 1. The molecule has 0 amide bonds. The fourth-order valence-electron chi connectivity index (χ4n) is 1.99. The molecule has 0 spiro atoms. The van der Waals surface area contributed by atoms with Crippen LogP contribution in [-0.4, -0.2) is 12.0 Å². The highest BCUT2D eigenvalue weighted by Gasteiger charge is 2.14. The molecular formula is C15H17ClN2. The van der Waals surface area contributed by atoms with Crippen LogP contribution in [0, 0.1) is 13.8 Å². The van der Waals surface area contributed by atoms with Gasteiger partial charge in [-0.15, -0.1) is 0 Å². The van der Waals surface area contributed by atoms with Gasteiger partial charge in [0.25, 0.3) is 0 Å². The number of aromatic nitrogens is 1. The maximum atomic E-state index is 6.19. The quantitative estimate of drug-likeness (QED) is 0.911. The van der Waals surface area contributed by atoms with Crippen molar-refractivity contribution in [2.75, 3.05) is 7.05 Å². The molecule has 0 radical (unpaired) electrons. The summed E-state index contributed by atoms with van der Waals surface area (Å²) in [5.41, 5.74) is 4.44. The Morgan fingerprint density at radius 3 is 2.56 bits per heavy atom. The third-order valence-electron chi connectivity index (χ3n) is 3.05. The summed E-state index contributed by atoms with van der Waals surface area (Å²) >= 11 is 6.19. The lowest BCUT2D eigenvalue weighted by molar-refractivity contribution is 0.670. The zero-order valence-electron chi connectivity index (χ0n) is 10.9. The fraction of sp³-hybridized carbons (Fsp3) is 0.267. The van der Waals surface area contributed by atoms with Crippen molar-refractivity contribution in [2.24, 2.45) is 0 Å². The van der Waals surface area contributed by atoms with E-state index < -0.39 is 0 Å². The standard InChI is InChI=1S/C15H17ClN2/c1-10-6-7-18-14(8-10)15(17-3)12-5-4-11(2)13(16)9-12/h4-9,15,17H,1-3H3. The predicted molar refractivity (Wildman–Crippen MR) is 76.1 cm³/mol. The molecule has 0 aliphatic rings. The molecule has 0 aliphatic carbocycles. The Bertz CT molecular complexity index is 552. The van der Waals surface area contributed by atoms with Crippen molar-refractivity contribution in [3.8, 4) is 0 Å². The first-order valence-electron chi connectivity index (χ1n) is 5.97. The van der Waals surface area contributed by atoms with E-state index in [1.807, 2.05) is 38.4 Å². The minimum Gasteiger partial charge on any atom is -0.308 e. The topological polar surface area (TPSA) is 24.9 Å². The number of rotatable bonds is 3. The van der Waals surface area contributed by atoms with E-state index in [2.05, 4.69) is 29.4 Å². The lowest BCUT2D eigenvalue weighted by Crippen LogP contribution is -2.19. The van der Waals surface area contributed by atoms with Crippen molar-refractivity contribution in [3.05, 3.63) is 63.9 Å². The lowest BCUT2D eigenvalue weighted by Gasteiger charge is -2.17. The second kappa shape index (κ2) is 5.51. The largest absolute Gasteiger partial charge is 0.308 e. The summed E-state index contributed by atoms with van der Waals surface area (Å²) in [5, 5.41) is 4.08. The highest BCUT2D eigenvalue weighted by Crippen LogP contribution is 2.25. The Labute approximate surface area is 113 Å². The molecule has 2 rings (SSSR count). The molecule has 94 valence electrons. The highest BCUT2D eigenvalue weighted by molar-refractivity contribution is 6.31. The maximum Gasteiger partial charge on any atom is 0.0749 e. The van der Waals surface area contributed by atoms with Gasteiger partial charge in [0.05, 0.1) is 11.7 Å². The van der Waals surface area contributed by atoms with E-state index in [9.17, 15) is 0 Å².